The van der Waals surface area contributed by atoms with E-state index in [1.165, 1.54) is 18.3 Å². The maximum atomic E-state index is 11.0. The van der Waals surface area contributed by atoms with Crippen LogP contribution >= 0.6 is 12.2 Å². The van der Waals surface area contributed by atoms with Gasteiger partial charge in [-0.25, -0.2) is 4.79 Å². The zero-order chi connectivity index (χ0) is 18.5. The first-order valence-electron chi connectivity index (χ1n) is 7.69. The number of benzene rings is 3. The van der Waals surface area contributed by atoms with Crippen LogP contribution < -0.4 is 10.7 Å². The van der Waals surface area contributed by atoms with Crippen molar-refractivity contribution >= 4 is 46.0 Å². The molecule has 0 aliphatic rings. The van der Waals surface area contributed by atoms with Gasteiger partial charge in [-0.05, 0) is 41.9 Å². The monoisotopic (exact) mass is 365 g/mol. The molecule has 0 heterocycles. The van der Waals surface area contributed by atoms with E-state index in [0.717, 1.165) is 10.8 Å². The van der Waals surface area contributed by atoms with Gasteiger partial charge in [0.25, 0.3) is 0 Å². The third kappa shape index (κ3) is 3.96. The van der Waals surface area contributed by atoms with Crippen molar-refractivity contribution in [1.82, 2.24) is 5.43 Å². The number of carboxylic acid groups (broad SMARTS) is 1. The smallest absolute Gasteiger partial charge is 0.335 e. The number of aromatic hydroxyl groups is 1. The number of carbonyl (C=O) groups is 1. The van der Waals surface area contributed by atoms with Gasteiger partial charge in [-0.2, -0.15) is 5.10 Å². The molecule has 0 atom stereocenters. The second kappa shape index (κ2) is 7.62. The maximum Gasteiger partial charge on any atom is 0.335 e. The summed E-state index contributed by atoms with van der Waals surface area (Å²) in [5, 5.41) is 28.0. The van der Waals surface area contributed by atoms with E-state index < -0.39 is 5.97 Å². The number of thiocarbonyl (C=S) groups is 1. The lowest BCUT2D eigenvalue weighted by Crippen LogP contribution is -2.24. The van der Waals surface area contributed by atoms with Crippen molar-refractivity contribution in [3.8, 4) is 5.75 Å². The number of fused-ring (bicyclic) bond motifs is 1. The molecular weight excluding hydrogens is 350 g/mol. The summed E-state index contributed by atoms with van der Waals surface area (Å²) in [5.41, 5.74) is 3.87. The molecule has 0 spiro atoms. The number of phenols is 1. The summed E-state index contributed by atoms with van der Waals surface area (Å²) in [6, 6.07) is 17.4. The summed E-state index contributed by atoms with van der Waals surface area (Å²) in [5.74, 6) is -0.876. The molecule has 7 heteroatoms. The number of anilines is 1. The van der Waals surface area contributed by atoms with Gasteiger partial charge in [0.05, 0.1) is 11.8 Å². The Hall–Kier alpha value is -3.45. The fourth-order valence-electron chi connectivity index (χ4n) is 2.43. The molecule has 0 saturated carbocycles. The van der Waals surface area contributed by atoms with Crippen LogP contribution in [0.1, 0.15) is 15.9 Å². The fraction of sp³-hybridized carbons (Fsp3) is 0. The van der Waals surface area contributed by atoms with E-state index in [2.05, 4.69) is 15.8 Å². The molecule has 0 unspecified atom stereocenters. The van der Waals surface area contributed by atoms with Crippen LogP contribution in [0.2, 0.25) is 0 Å². The Morgan fingerprint density at radius 3 is 2.69 bits per heavy atom. The molecule has 0 aromatic heterocycles. The number of phenolic OH excluding ortho intramolecular Hbond substituents is 1. The summed E-state index contributed by atoms with van der Waals surface area (Å²) in [4.78, 5) is 11.0. The quantitative estimate of drug-likeness (QED) is 0.321. The number of nitrogens with zero attached hydrogens (tertiary/aromatic N) is 1. The minimum atomic E-state index is -1.02. The topological polar surface area (TPSA) is 94.0 Å². The number of hydrogen-bond acceptors (Lipinski definition) is 4. The van der Waals surface area contributed by atoms with Gasteiger partial charge < -0.3 is 15.5 Å². The molecule has 0 amide bonds. The largest absolute Gasteiger partial charge is 0.507 e. The molecular formula is C19H15N3O3S. The number of hydrogen-bond donors (Lipinski definition) is 4. The van der Waals surface area contributed by atoms with Crippen molar-refractivity contribution in [2.45, 2.75) is 0 Å². The molecule has 0 aliphatic heterocycles. The van der Waals surface area contributed by atoms with Gasteiger partial charge in [-0.1, -0.05) is 36.4 Å². The number of hydrazone groups is 1. The van der Waals surface area contributed by atoms with E-state index in [0.29, 0.717) is 11.3 Å². The van der Waals surface area contributed by atoms with Crippen LogP contribution in [-0.4, -0.2) is 27.5 Å². The van der Waals surface area contributed by atoms with E-state index in [9.17, 15) is 9.90 Å². The third-order valence-electron chi connectivity index (χ3n) is 3.67. The maximum absolute atomic E-state index is 11.0. The minimum Gasteiger partial charge on any atom is -0.507 e. The predicted octanol–water partition coefficient (Wildman–Crippen LogP) is 3.56. The van der Waals surface area contributed by atoms with Crippen LogP contribution in [0.3, 0.4) is 0 Å². The molecule has 0 bridgehead atoms. The Bertz CT molecular complexity index is 1020. The second-order valence-electron chi connectivity index (χ2n) is 5.43. The Balaban J connectivity index is 1.67. The highest BCUT2D eigenvalue weighted by Crippen LogP contribution is 2.27. The van der Waals surface area contributed by atoms with Crippen molar-refractivity contribution in [3.63, 3.8) is 0 Å². The Morgan fingerprint density at radius 1 is 1.08 bits per heavy atom. The first-order valence-corrected chi connectivity index (χ1v) is 8.09. The highest BCUT2D eigenvalue weighted by Gasteiger charge is 2.05. The normalized spacial score (nSPS) is 10.8. The summed E-state index contributed by atoms with van der Waals surface area (Å²) in [7, 11) is 0. The van der Waals surface area contributed by atoms with Crippen LogP contribution in [-0.2, 0) is 0 Å². The van der Waals surface area contributed by atoms with Crippen molar-refractivity contribution in [3.05, 3.63) is 71.8 Å². The van der Waals surface area contributed by atoms with E-state index in [-0.39, 0.29) is 16.4 Å². The van der Waals surface area contributed by atoms with Crippen molar-refractivity contribution in [2.75, 3.05) is 5.32 Å². The lowest BCUT2D eigenvalue weighted by molar-refractivity contribution is 0.0697. The van der Waals surface area contributed by atoms with E-state index in [1.807, 2.05) is 30.3 Å². The van der Waals surface area contributed by atoms with Crippen LogP contribution in [0, 0.1) is 0 Å². The van der Waals surface area contributed by atoms with Crippen molar-refractivity contribution < 1.29 is 15.0 Å². The van der Waals surface area contributed by atoms with E-state index in [4.69, 9.17) is 17.3 Å². The molecule has 26 heavy (non-hydrogen) atoms. The van der Waals surface area contributed by atoms with Gasteiger partial charge in [0.1, 0.15) is 5.75 Å². The zero-order valence-electron chi connectivity index (χ0n) is 13.5. The molecule has 6 nitrogen and oxygen atoms in total. The van der Waals surface area contributed by atoms with Crippen LogP contribution in [0.15, 0.2) is 65.8 Å². The van der Waals surface area contributed by atoms with Crippen LogP contribution in [0.5, 0.6) is 5.75 Å². The second-order valence-corrected chi connectivity index (χ2v) is 5.84. The van der Waals surface area contributed by atoms with Gasteiger partial charge in [-0.3, -0.25) is 5.43 Å². The molecule has 3 aromatic carbocycles. The molecule has 0 fully saturated rings. The summed E-state index contributed by atoms with van der Waals surface area (Å²) < 4.78 is 0. The van der Waals surface area contributed by atoms with Gasteiger partial charge in [0.15, 0.2) is 5.11 Å². The van der Waals surface area contributed by atoms with E-state index >= 15 is 0 Å². The predicted molar refractivity (Wildman–Crippen MR) is 106 cm³/mol. The van der Waals surface area contributed by atoms with E-state index in [1.54, 1.807) is 18.2 Å². The summed E-state index contributed by atoms with van der Waals surface area (Å²) >= 11 is 5.12. The highest BCUT2D eigenvalue weighted by molar-refractivity contribution is 7.80. The molecule has 0 saturated heterocycles. The molecule has 130 valence electrons. The number of nitrogens with one attached hydrogen (secondary N) is 2. The minimum absolute atomic E-state index is 0.140. The van der Waals surface area contributed by atoms with Gasteiger partial charge in [0.2, 0.25) is 0 Å². The first-order chi connectivity index (χ1) is 12.5. The highest BCUT2D eigenvalue weighted by atomic mass is 32.1. The fourth-order valence-corrected chi connectivity index (χ4v) is 2.60. The zero-order valence-corrected chi connectivity index (χ0v) is 14.3. The van der Waals surface area contributed by atoms with Crippen LogP contribution in [0.4, 0.5) is 5.69 Å². The average molecular weight is 365 g/mol. The lowest BCUT2D eigenvalue weighted by Gasteiger charge is -2.08. The summed E-state index contributed by atoms with van der Waals surface area (Å²) in [6.07, 6.45) is 1.46. The molecule has 0 aliphatic carbocycles. The molecule has 4 N–H and O–H groups in total. The summed E-state index contributed by atoms with van der Waals surface area (Å²) in [6.45, 7) is 0. The third-order valence-corrected chi connectivity index (χ3v) is 3.86. The standard InChI is InChI=1S/C19H15N3O3S/c23-17-14(9-8-12-4-1-2-7-16(12)17)11-20-22-19(26)21-15-6-3-5-13(10-15)18(24)25/h1-11,23H,(H,24,25)(H2,21,22,26)/b20-11+. The van der Waals surface area contributed by atoms with Gasteiger partial charge >= 0.3 is 5.97 Å². The van der Waals surface area contributed by atoms with Gasteiger partial charge in [0, 0.05) is 16.6 Å². The molecule has 0 radical (unpaired) electrons. The number of carboxylic acids is 1. The number of aromatic carboxylic acids is 1. The Kier molecular flexibility index (Phi) is 5.09. The first kappa shape index (κ1) is 17.4. The van der Waals surface area contributed by atoms with Gasteiger partial charge in [-0.15, -0.1) is 0 Å². The Labute approximate surface area is 154 Å². The Morgan fingerprint density at radius 2 is 1.88 bits per heavy atom. The van der Waals surface area contributed by atoms with Crippen molar-refractivity contribution in [2.24, 2.45) is 5.10 Å². The number of rotatable bonds is 4. The molecule has 3 rings (SSSR count). The van der Waals surface area contributed by atoms with Crippen molar-refractivity contribution in [1.29, 1.82) is 0 Å². The SMILES string of the molecule is O=C(O)c1cccc(NC(=S)N/N=C/c2ccc3ccccc3c2O)c1. The molecule has 3 aromatic rings. The lowest BCUT2D eigenvalue weighted by atomic mass is 10.1. The van der Waals surface area contributed by atoms with Crippen LogP contribution in [0.25, 0.3) is 10.8 Å². The average Bonchev–Trinajstić information content (AvgIpc) is 2.64.